The van der Waals surface area contributed by atoms with Gasteiger partial charge in [0, 0.05) is 48.8 Å². The Morgan fingerprint density at radius 2 is 1.91 bits per heavy atom. The number of aliphatic hydroxyl groups excluding tert-OH is 1. The number of rotatable bonds is 5. The molecular weight excluding hydrogens is 288 g/mol. The van der Waals surface area contributed by atoms with Crippen molar-refractivity contribution in [1.82, 2.24) is 9.47 Å². The number of nitrogens with zero attached hydrogens (tertiary/aromatic N) is 2. The van der Waals surface area contributed by atoms with Crippen LogP contribution in [0.3, 0.4) is 0 Å². The Balaban J connectivity index is 1.70. The summed E-state index contributed by atoms with van der Waals surface area (Å²) in [6.45, 7) is 7.90. The fourth-order valence-electron chi connectivity index (χ4n) is 4.04. The van der Waals surface area contributed by atoms with Crippen molar-refractivity contribution in [1.29, 1.82) is 0 Å². The van der Waals surface area contributed by atoms with Crippen molar-refractivity contribution >= 4 is 17.2 Å². The predicted molar refractivity (Wildman–Crippen MR) is 92.7 cm³/mol. The predicted octanol–water partition coefficient (Wildman–Crippen LogP) is 2.79. The molecule has 0 aliphatic carbocycles. The highest BCUT2D eigenvalue weighted by molar-refractivity contribution is 5.97. The first kappa shape index (κ1) is 16.2. The van der Waals surface area contributed by atoms with Crippen LogP contribution in [-0.4, -0.2) is 46.6 Å². The molecule has 1 aliphatic heterocycles. The van der Waals surface area contributed by atoms with E-state index in [1.807, 2.05) is 35.0 Å². The van der Waals surface area contributed by atoms with E-state index in [1.54, 1.807) is 0 Å². The van der Waals surface area contributed by atoms with Crippen LogP contribution in [0.2, 0.25) is 0 Å². The molecule has 2 heterocycles. The third-order valence-electron chi connectivity index (χ3n) is 4.77. The van der Waals surface area contributed by atoms with Gasteiger partial charge in [0.05, 0.1) is 6.10 Å². The van der Waals surface area contributed by atoms with Gasteiger partial charge in [0.1, 0.15) is 0 Å². The topological polar surface area (TPSA) is 45.5 Å². The first-order chi connectivity index (χ1) is 11.1. The van der Waals surface area contributed by atoms with Crippen LogP contribution >= 0.6 is 0 Å². The van der Waals surface area contributed by atoms with Crippen LogP contribution in [0.25, 0.3) is 10.9 Å². The molecule has 1 aromatic carbocycles. The van der Waals surface area contributed by atoms with Gasteiger partial charge in [-0.3, -0.25) is 4.79 Å². The van der Waals surface area contributed by atoms with Crippen molar-refractivity contribution in [3.63, 3.8) is 0 Å². The summed E-state index contributed by atoms with van der Waals surface area (Å²) in [4.78, 5) is 13.6. The minimum atomic E-state index is -0.428. The molecule has 3 atom stereocenters. The number of β-amino-alcohol motifs (C(OH)–C–C–N with tert-alkyl or cyclic N) is 1. The first-order valence-electron chi connectivity index (χ1n) is 8.50. The van der Waals surface area contributed by atoms with Crippen molar-refractivity contribution < 1.29 is 9.90 Å². The summed E-state index contributed by atoms with van der Waals surface area (Å²) < 4.78 is 2.00. The molecule has 1 N–H and O–H groups in total. The molecule has 0 bridgehead atoms. The lowest BCUT2D eigenvalue weighted by molar-refractivity contribution is 0.0620. The number of hydrogen-bond donors (Lipinski definition) is 1. The third-order valence-corrected chi connectivity index (χ3v) is 4.77. The Morgan fingerprint density at radius 1 is 1.22 bits per heavy atom. The number of aliphatic hydroxyl groups is 1. The molecule has 124 valence electrons. The number of fused-ring (bicyclic) bond motifs is 1. The molecule has 1 saturated heterocycles. The smallest absolute Gasteiger partial charge is 0.152 e. The molecule has 0 radical (unpaired) electrons. The van der Waals surface area contributed by atoms with E-state index in [1.165, 1.54) is 6.42 Å². The second-order valence-corrected chi connectivity index (χ2v) is 7.19. The van der Waals surface area contributed by atoms with E-state index >= 15 is 0 Å². The highest BCUT2D eigenvalue weighted by atomic mass is 16.3. The van der Waals surface area contributed by atoms with Gasteiger partial charge in [-0.25, -0.2) is 0 Å². The van der Waals surface area contributed by atoms with E-state index in [2.05, 4.69) is 18.7 Å². The van der Waals surface area contributed by atoms with Gasteiger partial charge in [0.25, 0.3) is 0 Å². The zero-order valence-corrected chi connectivity index (χ0v) is 14.0. The van der Waals surface area contributed by atoms with Crippen molar-refractivity contribution in [3.8, 4) is 0 Å². The van der Waals surface area contributed by atoms with Crippen molar-refractivity contribution in [2.45, 2.75) is 32.9 Å². The molecule has 1 aromatic heterocycles. The maximum Gasteiger partial charge on any atom is 0.152 e. The maximum atomic E-state index is 11.2. The highest BCUT2D eigenvalue weighted by Gasteiger charge is 2.23. The van der Waals surface area contributed by atoms with Gasteiger partial charge in [-0.1, -0.05) is 32.0 Å². The van der Waals surface area contributed by atoms with Gasteiger partial charge in [-0.15, -0.1) is 0 Å². The SMILES string of the molecule is C[C@@H]1C[C@@H](C)CN(C[C@H](O)Cn2cc(C=O)c3ccccc32)C1. The van der Waals surface area contributed by atoms with Crippen LogP contribution in [0.15, 0.2) is 30.5 Å². The van der Waals surface area contributed by atoms with Gasteiger partial charge in [-0.2, -0.15) is 0 Å². The summed E-state index contributed by atoms with van der Waals surface area (Å²) >= 11 is 0. The summed E-state index contributed by atoms with van der Waals surface area (Å²) in [5, 5.41) is 11.5. The third kappa shape index (κ3) is 3.65. The van der Waals surface area contributed by atoms with Crippen LogP contribution in [0.5, 0.6) is 0 Å². The number of carbonyl (C=O) groups excluding carboxylic acids is 1. The van der Waals surface area contributed by atoms with Crippen molar-refractivity contribution in [2.75, 3.05) is 19.6 Å². The minimum Gasteiger partial charge on any atom is -0.390 e. The summed E-state index contributed by atoms with van der Waals surface area (Å²) in [7, 11) is 0. The second kappa shape index (κ2) is 6.85. The summed E-state index contributed by atoms with van der Waals surface area (Å²) in [5.74, 6) is 1.39. The minimum absolute atomic E-state index is 0.428. The van der Waals surface area contributed by atoms with Crippen LogP contribution < -0.4 is 0 Å². The molecule has 0 amide bonds. The zero-order chi connectivity index (χ0) is 16.4. The van der Waals surface area contributed by atoms with Crippen LogP contribution in [0.4, 0.5) is 0 Å². The Morgan fingerprint density at radius 3 is 2.61 bits per heavy atom. The molecule has 1 aliphatic rings. The van der Waals surface area contributed by atoms with E-state index in [4.69, 9.17) is 0 Å². The average Bonchev–Trinajstić information content (AvgIpc) is 2.84. The van der Waals surface area contributed by atoms with Gasteiger partial charge in [0.15, 0.2) is 6.29 Å². The molecule has 1 fully saturated rings. The molecular formula is C19H26N2O2. The molecule has 23 heavy (non-hydrogen) atoms. The number of para-hydroxylation sites is 1. The summed E-state index contributed by atoms with van der Waals surface area (Å²) in [6.07, 6.45) is 3.59. The van der Waals surface area contributed by atoms with Crippen LogP contribution in [0, 0.1) is 11.8 Å². The molecule has 0 unspecified atom stereocenters. The normalized spacial score (nSPS) is 24.0. The van der Waals surface area contributed by atoms with Gasteiger partial charge in [0.2, 0.25) is 0 Å². The molecule has 2 aromatic rings. The van der Waals surface area contributed by atoms with Crippen LogP contribution in [0.1, 0.15) is 30.6 Å². The lowest BCUT2D eigenvalue weighted by Crippen LogP contribution is -2.43. The van der Waals surface area contributed by atoms with Gasteiger partial charge >= 0.3 is 0 Å². The molecule has 0 spiro atoms. The van der Waals surface area contributed by atoms with E-state index in [0.29, 0.717) is 30.5 Å². The first-order valence-corrected chi connectivity index (χ1v) is 8.50. The summed E-state index contributed by atoms with van der Waals surface area (Å²) in [6, 6.07) is 7.86. The molecule has 4 heteroatoms. The van der Waals surface area contributed by atoms with E-state index < -0.39 is 6.10 Å². The Kier molecular flexibility index (Phi) is 4.83. The zero-order valence-electron chi connectivity index (χ0n) is 14.0. The number of hydrogen-bond acceptors (Lipinski definition) is 3. The Labute approximate surface area is 137 Å². The Bertz CT molecular complexity index is 669. The van der Waals surface area contributed by atoms with Gasteiger partial charge < -0.3 is 14.6 Å². The number of likely N-dealkylation sites (tertiary alicyclic amines) is 1. The number of piperidine rings is 1. The average molecular weight is 314 g/mol. The quantitative estimate of drug-likeness (QED) is 0.863. The van der Waals surface area contributed by atoms with Gasteiger partial charge in [-0.05, 0) is 24.3 Å². The lowest BCUT2D eigenvalue weighted by Gasteiger charge is -2.36. The number of aromatic nitrogens is 1. The lowest BCUT2D eigenvalue weighted by atomic mass is 9.92. The monoisotopic (exact) mass is 314 g/mol. The van der Waals surface area contributed by atoms with Crippen molar-refractivity contribution in [3.05, 3.63) is 36.0 Å². The number of carbonyl (C=O) groups is 1. The van der Waals surface area contributed by atoms with Crippen LogP contribution in [-0.2, 0) is 6.54 Å². The largest absolute Gasteiger partial charge is 0.390 e. The van der Waals surface area contributed by atoms with E-state index in [-0.39, 0.29) is 0 Å². The van der Waals surface area contributed by atoms with E-state index in [9.17, 15) is 9.90 Å². The fourth-order valence-corrected chi connectivity index (χ4v) is 4.04. The fraction of sp³-hybridized carbons (Fsp3) is 0.526. The molecule has 4 nitrogen and oxygen atoms in total. The van der Waals surface area contributed by atoms with Crippen molar-refractivity contribution in [2.24, 2.45) is 11.8 Å². The van der Waals surface area contributed by atoms with E-state index in [0.717, 1.165) is 30.3 Å². The molecule has 0 saturated carbocycles. The number of benzene rings is 1. The highest BCUT2D eigenvalue weighted by Crippen LogP contribution is 2.22. The Hall–Kier alpha value is -1.65. The standard InChI is InChI=1S/C19H26N2O2/c1-14-7-15(2)9-20(8-14)11-17(23)12-21-10-16(13-22)18-5-3-4-6-19(18)21/h3-6,10,13-15,17,23H,7-9,11-12H2,1-2H3/t14-,15-,17+/m1/s1. The maximum absolute atomic E-state index is 11.2. The summed E-state index contributed by atoms with van der Waals surface area (Å²) in [5.41, 5.74) is 1.70. The number of aldehydes is 1. The molecule has 3 rings (SSSR count). The second-order valence-electron chi connectivity index (χ2n) is 7.19.